The topological polar surface area (TPSA) is 39.0 Å². The van der Waals surface area contributed by atoms with Gasteiger partial charge in [0.05, 0.1) is 0 Å². The number of rotatable bonds is 5. The second-order valence-corrected chi connectivity index (χ2v) is 5.21. The monoisotopic (exact) mass is 237 g/mol. The van der Waals surface area contributed by atoms with Crippen LogP contribution in [0, 0.1) is 0 Å². The SMILES string of the molecule is CC(C)n1ccn(CCCC2CCCN2)c1=O. The predicted octanol–water partition coefficient (Wildman–Crippen LogP) is 1.76. The van der Waals surface area contributed by atoms with Gasteiger partial charge in [0, 0.05) is 31.0 Å². The van der Waals surface area contributed by atoms with E-state index in [1.165, 1.54) is 19.3 Å². The molecule has 1 aliphatic heterocycles. The molecule has 1 fully saturated rings. The van der Waals surface area contributed by atoms with Gasteiger partial charge in [-0.15, -0.1) is 0 Å². The number of hydrogen-bond acceptors (Lipinski definition) is 2. The van der Waals surface area contributed by atoms with E-state index in [4.69, 9.17) is 0 Å². The van der Waals surface area contributed by atoms with Crippen LogP contribution in [0.2, 0.25) is 0 Å². The van der Waals surface area contributed by atoms with Gasteiger partial charge in [-0.3, -0.25) is 9.13 Å². The smallest absolute Gasteiger partial charge is 0.314 e. The Kier molecular flexibility index (Phi) is 4.05. The Labute approximate surface area is 103 Å². The molecular formula is C13H23N3O. The molecule has 4 nitrogen and oxygen atoms in total. The first-order valence-corrected chi connectivity index (χ1v) is 6.69. The average Bonchev–Trinajstić information content (AvgIpc) is 2.89. The molecule has 1 unspecified atom stereocenters. The quantitative estimate of drug-likeness (QED) is 0.847. The summed E-state index contributed by atoms with van der Waals surface area (Å²) in [5.74, 6) is 0. The molecule has 0 amide bonds. The Bertz CT molecular complexity index is 399. The van der Waals surface area contributed by atoms with Gasteiger partial charge in [0.15, 0.2) is 0 Å². The lowest BCUT2D eigenvalue weighted by Crippen LogP contribution is -2.26. The van der Waals surface area contributed by atoms with Gasteiger partial charge in [-0.05, 0) is 46.1 Å². The molecule has 0 aliphatic carbocycles. The van der Waals surface area contributed by atoms with Crippen molar-refractivity contribution in [2.75, 3.05) is 6.54 Å². The van der Waals surface area contributed by atoms with Crippen molar-refractivity contribution < 1.29 is 0 Å². The molecule has 1 aromatic rings. The molecule has 0 aromatic carbocycles. The molecule has 0 saturated carbocycles. The Morgan fingerprint density at radius 3 is 2.88 bits per heavy atom. The lowest BCUT2D eigenvalue weighted by Gasteiger charge is -2.09. The highest BCUT2D eigenvalue weighted by Gasteiger charge is 2.13. The van der Waals surface area contributed by atoms with Gasteiger partial charge in [0.1, 0.15) is 0 Å². The molecule has 96 valence electrons. The largest absolute Gasteiger partial charge is 0.328 e. The molecule has 0 spiro atoms. The van der Waals surface area contributed by atoms with E-state index < -0.39 is 0 Å². The van der Waals surface area contributed by atoms with Crippen LogP contribution in [0.4, 0.5) is 0 Å². The first-order valence-electron chi connectivity index (χ1n) is 6.69. The van der Waals surface area contributed by atoms with E-state index in [1.54, 1.807) is 4.57 Å². The van der Waals surface area contributed by atoms with Gasteiger partial charge >= 0.3 is 5.69 Å². The highest BCUT2D eigenvalue weighted by atomic mass is 16.1. The summed E-state index contributed by atoms with van der Waals surface area (Å²) < 4.78 is 3.61. The van der Waals surface area contributed by atoms with Crippen molar-refractivity contribution in [1.82, 2.24) is 14.5 Å². The number of imidazole rings is 1. The van der Waals surface area contributed by atoms with Crippen LogP contribution in [-0.4, -0.2) is 21.7 Å². The van der Waals surface area contributed by atoms with Crippen molar-refractivity contribution in [2.24, 2.45) is 0 Å². The molecule has 1 saturated heterocycles. The molecule has 4 heteroatoms. The number of aryl methyl sites for hydroxylation is 1. The molecule has 2 heterocycles. The van der Waals surface area contributed by atoms with Crippen molar-refractivity contribution in [3.05, 3.63) is 22.9 Å². The summed E-state index contributed by atoms with van der Waals surface area (Å²) in [7, 11) is 0. The van der Waals surface area contributed by atoms with E-state index in [1.807, 2.05) is 30.8 Å². The molecule has 0 bridgehead atoms. The molecule has 2 rings (SSSR count). The lowest BCUT2D eigenvalue weighted by molar-refractivity contribution is 0.487. The van der Waals surface area contributed by atoms with Crippen LogP contribution in [0.3, 0.4) is 0 Å². The van der Waals surface area contributed by atoms with Gasteiger partial charge in [0.2, 0.25) is 0 Å². The minimum Gasteiger partial charge on any atom is -0.314 e. The molecule has 0 radical (unpaired) electrons. The predicted molar refractivity (Wildman–Crippen MR) is 69.3 cm³/mol. The molecular weight excluding hydrogens is 214 g/mol. The zero-order valence-corrected chi connectivity index (χ0v) is 10.9. The fourth-order valence-electron chi connectivity index (χ4n) is 2.50. The number of nitrogens with zero attached hydrogens (tertiary/aromatic N) is 2. The average molecular weight is 237 g/mol. The molecule has 1 aromatic heterocycles. The maximum atomic E-state index is 11.9. The first kappa shape index (κ1) is 12.4. The summed E-state index contributed by atoms with van der Waals surface area (Å²) in [5.41, 5.74) is 0.124. The Balaban J connectivity index is 1.84. The summed E-state index contributed by atoms with van der Waals surface area (Å²) in [5, 5.41) is 3.49. The van der Waals surface area contributed by atoms with E-state index in [9.17, 15) is 4.79 Å². The van der Waals surface area contributed by atoms with E-state index in [0.29, 0.717) is 6.04 Å². The van der Waals surface area contributed by atoms with Crippen molar-refractivity contribution in [3.63, 3.8) is 0 Å². The lowest BCUT2D eigenvalue weighted by atomic mass is 10.1. The van der Waals surface area contributed by atoms with Gasteiger partial charge in [-0.2, -0.15) is 0 Å². The minimum absolute atomic E-state index is 0.124. The zero-order valence-electron chi connectivity index (χ0n) is 10.9. The van der Waals surface area contributed by atoms with Crippen LogP contribution in [0.5, 0.6) is 0 Å². The van der Waals surface area contributed by atoms with Crippen LogP contribution in [-0.2, 0) is 6.54 Å². The Morgan fingerprint density at radius 2 is 2.29 bits per heavy atom. The van der Waals surface area contributed by atoms with Crippen LogP contribution in [0.25, 0.3) is 0 Å². The molecule has 1 aliphatic rings. The third kappa shape index (κ3) is 3.00. The Morgan fingerprint density at radius 1 is 1.47 bits per heavy atom. The van der Waals surface area contributed by atoms with Crippen LogP contribution >= 0.6 is 0 Å². The third-order valence-electron chi connectivity index (χ3n) is 3.54. The van der Waals surface area contributed by atoms with Gasteiger partial charge in [0.25, 0.3) is 0 Å². The fraction of sp³-hybridized carbons (Fsp3) is 0.769. The highest BCUT2D eigenvalue weighted by molar-refractivity contribution is 4.84. The van der Waals surface area contributed by atoms with Gasteiger partial charge in [-0.25, -0.2) is 4.79 Å². The van der Waals surface area contributed by atoms with E-state index in [-0.39, 0.29) is 11.7 Å². The minimum atomic E-state index is 0.124. The first-order chi connectivity index (χ1) is 8.18. The summed E-state index contributed by atoms with van der Waals surface area (Å²) in [6, 6.07) is 0.929. The summed E-state index contributed by atoms with van der Waals surface area (Å²) >= 11 is 0. The highest BCUT2D eigenvalue weighted by Crippen LogP contribution is 2.11. The molecule has 1 N–H and O–H groups in total. The van der Waals surface area contributed by atoms with Crippen LogP contribution in [0.1, 0.15) is 45.6 Å². The van der Waals surface area contributed by atoms with Crippen molar-refractivity contribution in [2.45, 2.75) is 58.2 Å². The standard InChI is InChI=1S/C13H23N3O/c1-11(2)16-10-9-15(13(16)17)8-4-6-12-5-3-7-14-12/h9-12,14H,3-8H2,1-2H3. The van der Waals surface area contributed by atoms with Gasteiger partial charge in [-0.1, -0.05) is 0 Å². The van der Waals surface area contributed by atoms with Gasteiger partial charge < -0.3 is 5.32 Å². The fourth-order valence-corrected chi connectivity index (χ4v) is 2.50. The zero-order chi connectivity index (χ0) is 12.3. The van der Waals surface area contributed by atoms with E-state index in [0.717, 1.165) is 19.5 Å². The second-order valence-electron chi connectivity index (χ2n) is 5.21. The summed E-state index contributed by atoms with van der Waals surface area (Å²) in [6.07, 6.45) is 8.65. The van der Waals surface area contributed by atoms with Crippen molar-refractivity contribution in [3.8, 4) is 0 Å². The third-order valence-corrected chi connectivity index (χ3v) is 3.54. The number of nitrogens with one attached hydrogen (secondary N) is 1. The van der Waals surface area contributed by atoms with Crippen molar-refractivity contribution in [1.29, 1.82) is 0 Å². The summed E-state index contributed by atoms with van der Waals surface area (Å²) in [4.78, 5) is 11.9. The maximum Gasteiger partial charge on any atom is 0.328 e. The van der Waals surface area contributed by atoms with E-state index >= 15 is 0 Å². The second kappa shape index (κ2) is 5.54. The van der Waals surface area contributed by atoms with Crippen LogP contribution < -0.4 is 11.0 Å². The number of aromatic nitrogens is 2. The van der Waals surface area contributed by atoms with Crippen molar-refractivity contribution >= 4 is 0 Å². The van der Waals surface area contributed by atoms with Crippen LogP contribution in [0.15, 0.2) is 17.2 Å². The Hall–Kier alpha value is -1.03. The maximum absolute atomic E-state index is 11.9. The molecule has 17 heavy (non-hydrogen) atoms. The summed E-state index contributed by atoms with van der Waals surface area (Å²) in [6.45, 7) is 6.08. The number of hydrogen-bond donors (Lipinski definition) is 1. The molecule has 1 atom stereocenters. The van der Waals surface area contributed by atoms with E-state index in [2.05, 4.69) is 5.32 Å². The normalized spacial score (nSPS) is 20.3.